The number of unbranched alkanes of at least 4 members (excludes halogenated alkanes) is 2. The molecule has 0 aliphatic carbocycles. The zero-order chi connectivity index (χ0) is 23.2. The summed E-state index contributed by atoms with van der Waals surface area (Å²) in [7, 11) is 2.15. The Kier molecular flexibility index (Phi) is 16.3. The fourth-order valence-electron chi connectivity index (χ4n) is 5.08. The van der Waals surface area contributed by atoms with Gasteiger partial charge in [-0.3, -0.25) is 9.80 Å². The molecule has 0 saturated carbocycles. The van der Waals surface area contributed by atoms with E-state index in [4.69, 9.17) is 0 Å². The Hall–Kier alpha value is -0.200. The number of likely N-dealkylation sites (N-methyl/N-ethyl adjacent to an activating group) is 2. The highest BCUT2D eigenvalue weighted by Crippen LogP contribution is 2.32. The van der Waals surface area contributed by atoms with Crippen LogP contribution < -0.4 is 5.32 Å². The predicted octanol–water partition coefficient (Wildman–Crippen LogP) is 5.24. The van der Waals surface area contributed by atoms with E-state index in [0.717, 1.165) is 39.3 Å². The van der Waals surface area contributed by atoms with E-state index in [1.165, 1.54) is 38.5 Å². The van der Waals surface area contributed by atoms with Gasteiger partial charge in [-0.15, -0.1) is 0 Å². The van der Waals surface area contributed by atoms with Crippen molar-refractivity contribution in [2.75, 3.05) is 46.3 Å². The second-order valence-electron chi connectivity index (χ2n) is 9.09. The van der Waals surface area contributed by atoms with Gasteiger partial charge in [0.1, 0.15) is 5.66 Å². The summed E-state index contributed by atoms with van der Waals surface area (Å²) in [6, 6.07) is 0.436. The van der Waals surface area contributed by atoms with Crippen molar-refractivity contribution in [3.63, 3.8) is 0 Å². The maximum atomic E-state index is 3.76. The molecule has 0 radical (unpaired) electrons. The average Bonchev–Trinajstić information content (AvgIpc) is 2.72. The average molecular weight is 428 g/mol. The molecule has 0 saturated heterocycles. The van der Waals surface area contributed by atoms with E-state index in [1.54, 1.807) is 0 Å². The topological polar surface area (TPSA) is 25.0 Å². The Balaban J connectivity index is 6.55. The minimum absolute atomic E-state index is 0.123. The number of hydrogen-bond donors (Lipinski definition) is 1. The highest BCUT2D eigenvalue weighted by atomic mass is 15.7. The molecule has 30 heavy (non-hydrogen) atoms. The van der Waals surface area contributed by atoms with Crippen LogP contribution in [0.15, 0.2) is 0 Å². The first-order chi connectivity index (χ1) is 14.3. The van der Waals surface area contributed by atoms with Gasteiger partial charge in [0, 0.05) is 19.1 Å². The van der Waals surface area contributed by atoms with Crippen molar-refractivity contribution >= 4 is 0 Å². The minimum atomic E-state index is -0.123. The van der Waals surface area contributed by atoms with Gasteiger partial charge in [0.25, 0.3) is 0 Å². The molecule has 2 unspecified atom stereocenters. The van der Waals surface area contributed by atoms with Crippen molar-refractivity contribution in [1.82, 2.24) is 25.1 Å². The lowest BCUT2D eigenvalue weighted by Gasteiger charge is -2.59. The third-order valence-electron chi connectivity index (χ3n) is 6.39. The fourth-order valence-corrected chi connectivity index (χ4v) is 5.08. The monoisotopic (exact) mass is 427 g/mol. The third-order valence-corrected chi connectivity index (χ3v) is 6.39. The Morgan fingerprint density at radius 1 is 0.733 bits per heavy atom. The zero-order valence-electron chi connectivity index (χ0n) is 22.4. The first-order valence-electron chi connectivity index (χ1n) is 13.0. The van der Waals surface area contributed by atoms with Gasteiger partial charge in [-0.25, -0.2) is 10.0 Å². The number of nitrogens with zero attached hydrogens (tertiary/aromatic N) is 4. The van der Waals surface area contributed by atoms with Crippen LogP contribution in [0, 0.1) is 0 Å². The summed E-state index contributed by atoms with van der Waals surface area (Å²) in [6.07, 6.45) is 7.61. The van der Waals surface area contributed by atoms with Crippen LogP contribution in [0.25, 0.3) is 0 Å². The molecule has 0 aromatic heterocycles. The van der Waals surface area contributed by atoms with Crippen molar-refractivity contribution in [3.05, 3.63) is 0 Å². The number of rotatable bonds is 19. The third kappa shape index (κ3) is 8.05. The van der Waals surface area contributed by atoms with Gasteiger partial charge in [0.2, 0.25) is 0 Å². The summed E-state index contributed by atoms with van der Waals surface area (Å²) in [5.41, 5.74) is -0.123. The minimum Gasteiger partial charge on any atom is -0.302 e. The molecule has 0 aliphatic heterocycles. The van der Waals surface area contributed by atoms with Crippen molar-refractivity contribution in [2.24, 2.45) is 0 Å². The Morgan fingerprint density at radius 2 is 1.20 bits per heavy atom. The zero-order valence-corrected chi connectivity index (χ0v) is 22.4. The van der Waals surface area contributed by atoms with Crippen LogP contribution in [0.1, 0.15) is 101 Å². The smallest absolute Gasteiger partial charge is 0.114 e. The maximum absolute atomic E-state index is 3.76. The molecule has 5 heteroatoms. The summed E-state index contributed by atoms with van der Waals surface area (Å²) in [6.45, 7) is 27.8. The lowest BCUT2D eigenvalue weighted by atomic mass is 10.0. The molecule has 5 nitrogen and oxygen atoms in total. The lowest BCUT2D eigenvalue weighted by Crippen LogP contribution is -2.76. The van der Waals surface area contributed by atoms with Crippen LogP contribution in [0.5, 0.6) is 0 Å². The quantitative estimate of drug-likeness (QED) is 0.224. The second-order valence-corrected chi connectivity index (χ2v) is 9.09. The SMILES string of the molecule is CCCCN(CCCC)N(C(C)C)C(C)(C(NC)N(CC)CC)N(CCC)CCC. The molecule has 0 bridgehead atoms. The van der Waals surface area contributed by atoms with Gasteiger partial charge >= 0.3 is 0 Å². The standard InChI is InChI=1S/C25H57N5/c1-11-17-21-29(22-18-12-2)30(23(7)8)25(9,28(19-13-3)20-14-4)24(26-10)27(15-5)16-6/h23-24,26H,11-22H2,1-10H3. The fraction of sp³-hybridized carbons (Fsp3) is 1.00. The second kappa shape index (κ2) is 16.4. The number of hydrogen-bond acceptors (Lipinski definition) is 5. The molecule has 1 N–H and O–H groups in total. The first-order valence-corrected chi connectivity index (χ1v) is 13.0. The van der Waals surface area contributed by atoms with E-state index >= 15 is 0 Å². The van der Waals surface area contributed by atoms with E-state index in [-0.39, 0.29) is 11.8 Å². The molecular formula is C25H57N5. The van der Waals surface area contributed by atoms with Crippen LogP contribution in [0.4, 0.5) is 0 Å². The van der Waals surface area contributed by atoms with Gasteiger partial charge in [0.05, 0.1) is 6.17 Å². The summed E-state index contributed by atoms with van der Waals surface area (Å²) in [5.74, 6) is 0. The van der Waals surface area contributed by atoms with Crippen LogP contribution in [-0.4, -0.2) is 84.0 Å². The predicted molar refractivity (Wildman–Crippen MR) is 135 cm³/mol. The summed E-state index contributed by atoms with van der Waals surface area (Å²) < 4.78 is 0. The number of nitrogens with one attached hydrogen (secondary N) is 1. The van der Waals surface area contributed by atoms with E-state index in [2.05, 4.69) is 94.5 Å². The molecule has 0 heterocycles. The van der Waals surface area contributed by atoms with Gasteiger partial charge in [-0.2, -0.15) is 0 Å². The molecule has 0 fully saturated rings. The van der Waals surface area contributed by atoms with Gasteiger partial charge < -0.3 is 5.32 Å². The summed E-state index contributed by atoms with van der Waals surface area (Å²) in [5, 5.41) is 9.21. The number of hydrazine groups is 1. The highest BCUT2D eigenvalue weighted by Gasteiger charge is 2.48. The van der Waals surface area contributed by atoms with E-state index in [1.807, 2.05) is 0 Å². The van der Waals surface area contributed by atoms with Crippen molar-refractivity contribution in [2.45, 2.75) is 119 Å². The van der Waals surface area contributed by atoms with Crippen LogP contribution in [-0.2, 0) is 0 Å². The van der Waals surface area contributed by atoms with E-state index < -0.39 is 0 Å². The highest BCUT2D eigenvalue weighted by molar-refractivity contribution is 4.97. The normalized spacial score (nSPS) is 15.7. The van der Waals surface area contributed by atoms with Gasteiger partial charge in [-0.05, 0) is 79.7 Å². The molecule has 0 amide bonds. The largest absolute Gasteiger partial charge is 0.302 e. The van der Waals surface area contributed by atoms with Crippen molar-refractivity contribution in [1.29, 1.82) is 0 Å². The Morgan fingerprint density at radius 3 is 1.50 bits per heavy atom. The van der Waals surface area contributed by atoms with E-state index in [0.29, 0.717) is 6.04 Å². The van der Waals surface area contributed by atoms with Crippen LogP contribution in [0.3, 0.4) is 0 Å². The van der Waals surface area contributed by atoms with Gasteiger partial charge in [0.15, 0.2) is 0 Å². The summed E-state index contributed by atoms with van der Waals surface area (Å²) >= 11 is 0. The molecular weight excluding hydrogens is 370 g/mol. The Labute approximate surface area is 190 Å². The van der Waals surface area contributed by atoms with Crippen LogP contribution >= 0.6 is 0 Å². The molecule has 0 spiro atoms. The molecule has 2 atom stereocenters. The molecule has 0 aromatic carbocycles. The van der Waals surface area contributed by atoms with Gasteiger partial charge in [-0.1, -0.05) is 54.4 Å². The molecule has 0 aromatic rings. The van der Waals surface area contributed by atoms with Crippen molar-refractivity contribution in [3.8, 4) is 0 Å². The maximum Gasteiger partial charge on any atom is 0.114 e. The molecule has 182 valence electrons. The molecule has 0 aliphatic rings. The van der Waals surface area contributed by atoms with E-state index in [9.17, 15) is 0 Å². The summed E-state index contributed by atoms with van der Waals surface area (Å²) in [4.78, 5) is 5.36. The van der Waals surface area contributed by atoms with Crippen LogP contribution in [0.2, 0.25) is 0 Å². The molecule has 0 rings (SSSR count). The van der Waals surface area contributed by atoms with Crippen molar-refractivity contribution < 1.29 is 0 Å². The Bertz CT molecular complexity index is 385. The first kappa shape index (κ1) is 29.8. The lowest BCUT2D eigenvalue weighted by molar-refractivity contribution is -0.220.